The van der Waals surface area contributed by atoms with Crippen LogP contribution in [-0.2, 0) is 19.3 Å². The fourth-order valence-corrected chi connectivity index (χ4v) is 1.95. The quantitative estimate of drug-likeness (QED) is 0.922. The van der Waals surface area contributed by atoms with Gasteiger partial charge in [0.25, 0.3) is 0 Å². The first-order valence-corrected chi connectivity index (χ1v) is 6.58. The van der Waals surface area contributed by atoms with Crippen LogP contribution in [0.2, 0.25) is 0 Å². The molecule has 2 rings (SSSR count). The van der Waals surface area contributed by atoms with Gasteiger partial charge in [0.2, 0.25) is 0 Å². The molecule has 0 amide bonds. The van der Waals surface area contributed by atoms with Crippen LogP contribution < -0.4 is 5.32 Å². The third kappa shape index (κ3) is 3.71. The molecule has 0 saturated heterocycles. The molecule has 0 aliphatic heterocycles. The molecule has 0 fully saturated rings. The maximum absolute atomic E-state index is 12.8. The van der Waals surface area contributed by atoms with E-state index < -0.39 is 11.7 Å². The van der Waals surface area contributed by atoms with Gasteiger partial charge in [-0.2, -0.15) is 13.2 Å². The lowest BCUT2D eigenvalue weighted by Gasteiger charge is -2.13. The number of rotatable bonds is 5. The molecule has 0 spiro atoms. The summed E-state index contributed by atoms with van der Waals surface area (Å²) in [6.07, 6.45) is -3.48. The predicted molar refractivity (Wildman–Crippen MR) is 71.6 cm³/mol. The van der Waals surface area contributed by atoms with E-state index in [1.807, 2.05) is 6.92 Å². The van der Waals surface area contributed by atoms with Crippen LogP contribution in [0, 0.1) is 6.92 Å². The van der Waals surface area contributed by atoms with Gasteiger partial charge >= 0.3 is 6.18 Å². The molecular formula is C13H16F3N5. The Morgan fingerprint density at radius 2 is 2.05 bits per heavy atom. The molecule has 1 N–H and O–H groups in total. The molecule has 5 nitrogen and oxygen atoms in total. The van der Waals surface area contributed by atoms with Crippen molar-refractivity contribution >= 4 is 5.69 Å². The lowest BCUT2D eigenvalue weighted by molar-refractivity contribution is -0.138. The van der Waals surface area contributed by atoms with E-state index >= 15 is 0 Å². The lowest BCUT2D eigenvalue weighted by Crippen LogP contribution is -2.11. The van der Waals surface area contributed by atoms with Crippen LogP contribution in [0.1, 0.15) is 30.3 Å². The molecule has 0 unspecified atom stereocenters. The Morgan fingerprint density at radius 1 is 1.29 bits per heavy atom. The van der Waals surface area contributed by atoms with Gasteiger partial charge < -0.3 is 5.32 Å². The number of hydrogen-bond acceptors (Lipinski definition) is 4. The number of benzene rings is 1. The van der Waals surface area contributed by atoms with Gasteiger partial charge in [-0.3, -0.25) is 0 Å². The summed E-state index contributed by atoms with van der Waals surface area (Å²) in [5.41, 5.74) is -0.0523. The highest BCUT2D eigenvalue weighted by atomic mass is 19.4. The van der Waals surface area contributed by atoms with Crippen molar-refractivity contribution in [3.63, 3.8) is 0 Å². The number of aryl methyl sites for hydroxylation is 2. The maximum Gasteiger partial charge on any atom is 0.416 e. The highest BCUT2D eigenvalue weighted by molar-refractivity contribution is 5.49. The normalized spacial score (nSPS) is 11.7. The van der Waals surface area contributed by atoms with Crippen LogP contribution in [0.15, 0.2) is 18.2 Å². The highest BCUT2D eigenvalue weighted by Gasteiger charge is 2.32. The summed E-state index contributed by atoms with van der Waals surface area (Å²) in [5.74, 6) is 0.589. The molecule has 0 aliphatic rings. The van der Waals surface area contributed by atoms with E-state index in [1.165, 1.54) is 13.0 Å². The lowest BCUT2D eigenvalue weighted by atomic mass is 10.1. The summed E-state index contributed by atoms with van der Waals surface area (Å²) < 4.78 is 40.2. The van der Waals surface area contributed by atoms with Gasteiger partial charge in [0, 0.05) is 12.2 Å². The molecule has 1 heterocycles. The molecule has 0 radical (unpaired) electrons. The maximum atomic E-state index is 12.8. The van der Waals surface area contributed by atoms with Crippen molar-refractivity contribution < 1.29 is 13.2 Å². The minimum atomic E-state index is -4.36. The van der Waals surface area contributed by atoms with E-state index in [-0.39, 0.29) is 12.1 Å². The smallest absolute Gasteiger partial charge is 0.378 e. The van der Waals surface area contributed by atoms with Gasteiger partial charge in [0.1, 0.15) is 0 Å². The fraction of sp³-hybridized carbons (Fsp3) is 0.462. The second-order valence-electron chi connectivity index (χ2n) is 4.70. The van der Waals surface area contributed by atoms with Crippen LogP contribution in [0.3, 0.4) is 0 Å². The Balaban J connectivity index is 2.12. The average Bonchev–Trinajstić information content (AvgIpc) is 2.84. The molecule has 0 saturated carbocycles. The van der Waals surface area contributed by atoms with Gasteiger partial charge in [0.15, 0.2) is 5.82 Å². The number of nitrogens with zero attached hydrogens (tertiary/aromatic N) is 4. The largest absolute Gasteiger partial charge is 0.416 e. The van der Waals surface area contributed by atoms with Crippen LogP contribution in [-0.4, -0.2) is 20.2 Å². The zero-order chi connectivity index (χ0) is 15.5. The Morgan fingerprint density at radius 3 is 2.71 bits per heavy atom. The van der Waals surface area contributed by atoms with Crippen LogP contribution in [0.25, 0.3) is 0 Å². The van der Waals surface area contributed by atoms with Crippen molar-refractivity contribution in [3.05, 3.63) is 35.2 Å². The third-order valence-electron chi connectivity index (χ3n) is 3.04. The molecule has 8 heteroatoms. The van der Waals surface area contributed by atoms with Crippen molar-refractivity contribution in [2.45, 2.75) is 39.5 Å². The zero-order valence-electron chi connectivity index (χ0n) is 11.8. The van der Waals surface area contributed by atoms with E-state index in [4.69, 9.17) is 0 Å². The number of nitrogens with one attached hydrogen (secondary N) is 1. The summed E-state index contributed by atoms with van der Waals surface area (Å²) in [6.45, 7) is 4.38. The minimum Gasteiger partial charge on any atom is -0.378 e. The Labute approximate surface area is 120 Å². The number of alkyl halides is 3. The van der Waals surface area contributed by atoms with Gasteiger partial charge in [-0.1, -0.05) is 13.0 Å². The second-order valence-corrected chi connectivity index (χ2v) is 4.70. The molecule has 2 aromatic rings. The van der Waals surface area contributed by atoms with Crippen LogP contribution >= 0.6 is 0 Å². The third-order valence-corrected chi connectivity index (χ3v) is 3.04. The first kappa shape index (κ1) is 15.3. The molecule has 114 valence electrons. The molecule has 0 bridgehead atoms. The van der Waals surface area contributed by atoms with E-state index in [0.29, 0.717) is 18.1 Å². The fourth-order valence-electron chi connectivity index (χ4n) is 1.95. The topological polar surface area (TPSA) is 55.6 Å². The zero-order valence-corrected chi connectivity index (χ0v) is 11.8. The average molecular weight is 299 g/mol. The summed E-state index contributed by atoms with van der Waals surface area (Å²) in [5, 5.41) is 14.2. The van der Waals surface area contributed by atoms with Gasteiger partial charge in [-0.05, 0) is 41.5 Å². The van der Waals surface area contributed by atoms with Crippen molar-refractivity contribution in [2.75, 3.05) is 5.32 Å². The standard InChI is InChI=1S/C13H16F3N5/c1-3-6-21-12(18-19-20-21)8-17-10-5-4-9(2)11(7-10)13(14,15)16/h4-5,7,17H,3,6,8H2,1-2H3. The number of tetrazole rings is 1. The molecule has 21 heavy (non-hydrogen) atoms. The predicted octanol–water partition coefficient (Wildman–Crippen LogP) is 3.02. The number of halogens is 3. The van der Waals surface area contributed by atoms with E-state index in [1.54, 1.807) is 10.7 Å². The molecule has 1 aromatic carbocycles. The van der Waals surface area contributed by atoms with Gasteiger partial charge in [-0.15, -0.1) is 5.10 Å². The highest BCUT2D eigenvalue weighted by Crippen LogP contribution is 2.33. The van der Waals surface area contributed by atoms with Crippen molar-refractivity contribution in [1.82, 2.24) is 20.2 Å². The second kappa shape index (κ2) is 6.11. The number of hydrogen-bond donors (Lipinski definition) is 1. The van der Waals surface area contributed by atoms with Gasteiger partial charge in [-0.25, -0.2) is 4.68 Å². The van der Waals surface area contributed by atoms with Crippen molar-refractivity contribution in [3.8, 4) is 0 Å². The SMILES string of the molecule is CCCn1nnnc1CNc1ccc(C)c(C(F)(F)F)c1. The molecule has 0 atom stereocenters. The van der Waals surface area contributed by atoms with Crippen molar-refractivity contribution in [1.29, 1.82) is 0 Å². The van der Waals surface area contributed by atoms with E-state index in [9.17, 15) is 13.2 Å². The summed E-state index contributed by atoms with van der Waals surface area (Å²) in [7, 11) is 0. The molecule has 1 aromatic heterocycles. The Kier molecular flexibility index (Phi) is 4.44. The molecule has 0 aliphatic carbocycles. The van der Waals surface area contributed by atoms with Gasteiger partial charge in [0.05, 0.1) is 12.1 Å². The molecular weight excluding hydrogens is 283 g/mol. The monoisotopic (exact) mass is 299 g/mol. The number of aromatic nitrogens is 4. The Bertz CT molecular complexity index is 606. The van der Waals surface area contributed by atoms with Crippen LogP contribution in [0.5, 0.6) is 0 Å². The Hall–Kier alpha value is -2.12. The van der Waals surface area contributed by atoms with E-state index in [0.717, 1.165) is 12.5 Å². The first-order valence-electron chi connectivity index (χ1n) is 6.58. The first-order chi connectivity index (χ1) is 9.91. The number of anilines is 1. The summed E-state index contributed by atoms with van der Waals surface area (Å²) in [4.78, 5) is 0. The van der Waals surface area contributed by atoms with E-state index in [2.05, 4.69) is 20.8 Å². The van der Waals surface area contributed by atoms with Crippen molar-refractivity contribution in [2.24, 2.45) is 0 Å². The van der Waals surface area contributed by atoms with Crippen LogP contribution in [0.4, 0.5) is 18.9 Å². The minimum absolute atomic E-state index is 0.198. The summed E-state index contributed by atoms with van der Waals surface area (Å²) in [6, 6.07) is 4.15. The summed E-state index contributed by atoms with van der Waals surface area (Å²) >= 11 is 0.